The van der Waals surface area contributed by atoms with Crippen molar-refractivity contribution >= 4 is 22.4 Å². The summed E-state index contributed by atoms with van der Waals surface area (Å²) in [7, 11) is 1.78. The molecule has 0 aliphatic rings. The van der Waals surface area contributed by atoms with Crippen molar-refractivity contribution in [3.63, 3.8) is 0 Å². The first kappa shape index (κ1) is 14.5. The molecule has 0 atom stereocenters. The normalized spacial score (nSPS) is 10.6. The number of nitrogens with one attached hydrogen (secondary N) is 1. The molecule has 1 N–H and O–H groups in total. The zero-order chi connectivity index (χ0) is 15.5. The summed E-state index contributed by atoms with van der Waals surface area (Å²) in [5.74, 6) is -0.247. The fraction of sp³-hybridized carbons (Fsp3) is 0.188. The molecule has 0 unspecified atom stereocenters. The van der Waals surface area contributed by atoms with E-state index in [-0.39, 0.29) is 5.91 Å². The Morgan fingerprint density at radius 1 is 1.27 bits per heavy atom. The first-order chi connectivity index (χ1) is 10.7. The lowest BCUT2D eigenvalue weighted by atomic mass is 10.1. The van der Waals surface area contributed by atoms with Crippen LogP contribution in [0.15, 0.2) is 41.9 Å². The molecule has 0 aliphatic heterocycles. The fourth-order valence-corrected chi connectivity index (χ4v) is 2.79. The fourth-order valence-electron chi connectivity index (χ4n) is 2.07. The average molecular weight is 312 g/mol. The van der Waals surface area contributed by atoms with Gasteiger partial charge in [-0.05, 0) is 18.1 Å². The van der Waals surface area contributed by atoms with Gasteiger partial charge in [0.05, 0.1) is 5.69 Å². The third kappa shape index (κ3) is 3.07. The molecule has 2 heterocycles. The van der Waals surface area contributed by atoms with Crippen molar-refractivity contribution in [2.24, 2.45) is 7.05 Å². The minimum Gasteiger partial charge on any atom is -0.296 e. The quantitative estimate of drug-likeness (QED) is 0.803. The maximum Gasteiger partial charge on any atom is 0.277 e. The van der Waals surface area contributed by atoms with Gasteiger partial charge in [-0.3, -0.25) is 14.8 Å². The van der Waals surface area contributed by atoms with Crippen LogP contribution < -0.4 is 5.32 Å². The Labute approximate surface area is 132 Å². The van der Waals surface area contributed by atoms with Gasteiger partial charge in [-0.25, -0.2) is 4.98 Å². The van der Waals surface area contributed by atoms with E-state index in [4.69, 9.17) is 0 Å². The lowest BCUT2D eigenvalue weighted by molar-refractivity contribution is 0.102. The number of carbonyl (C=O) groups excluding carboxylic acids is 1. The highest BCUT2D eigenvalue weighted by molar-refractivity contribution is 7.14. The summed E-state index contributed by atoms with van der Waals surface area (Å²) in [6.45, 7) is 2.13. The van der Waals surface area contributed by atoms with Crippen molar-refractivity contribution in [3.05, 3.63) is 53.2 Å². The van der Waals surface area contributed by atoms with E-state index >= 15 is 0 Å². The van der Waals surface area contributed by atoms with Gasteiger partial charge < -0.3 is 0 Å². The van der Waals surface area contributed by atoms with E-state index in [2.05, 4.69) is 46.6 Å². The van der Waals surface area contributed by atoms with Crippen LogP contribution in [0.25, 0.3) is 11.3 Å². The van der Waals surface area contributed by atoms with Gasteiger partial charge in [0.25, 0.3) is 5.91 Å². The monoisotopic (exact) mass is 312 g/mol. The smallest absolute Gasteiger partial charge is 0.277 e. The Morgan fingerprint density at radius 3 is 2.68 bits per heavy atom. The number of aryl methyl sites for hydroxylation is 2. The number of amides is 1. The molecule has 0 bridgehead atoms. The van der Waals surface area contributed by atoms with Crippen LogP contribution in [0.3, 0.4) is 0 Å². The van der Waals surface area contributed by atoms with Crippen LogP contribution in [0.4, 0.5) is 5.13 Å². The van der Waals surface area contributed by atoms with Crippen molar-refractivity contribution in [1.29, 1.82) is 0 Å². The van der Waals surface area contributed by atoms with E-state index in [1.807, 2.05) is 5.38 Å². The van der Waals surface area contributed by atoms with Gasteiger partial charge in [-0.15, -0.1) is 11.3 Å². The maximum atomic E-state index is 12.0. The van der Waals surface area contributed by atoms with Gasteiger partial charge in [0.15, 0.2) is 10.8 Å². The standard InChI is InChI=1S/C16H16N4OS/c1-3-11-4-6-12(7-5-11)14-10-22-16(17-14)18-15(21)13-8-9-20(2)19-13/h4-10H,3H2,1-2H3,(H,17,18,21). The number of carbonyl (C=O) groups is 1. The van der Waals surface area contributed by atoms with Gasteiger partial charge in [-0.1, -0.05) is 31.2 Å². The van der Waals surface area contributed by atoms with Crippen LogP contribution in [0.2, 0.25) is 0 Å². The van der Waals surface area contributed by atoms with Gasteiger partial charge in [0, 0.05) is 24.2 Å². The Kier molecular flexibility index (Phi) is 4.02. The Balaban J connectivity index is 1.74. The van der Waals surface area contributed by atoms with Gasteiger partial charge in [0.1, 0.15) is 0 Å². The van der Waals surface area contributed by atoms with Crippen LogP contribution in [0, 0.1) is 0 Å². The molecular formula is C16H16N4OS. The molecule has 22 heavy (non-hydrogen) atoms. The van der Waals surface area contributed by atoms with E-state index in [1.54, 1.807) is 24.0 Å². The molecule has 2 aromatic heterocycles. The summed E-state index contributed by atoms with van der Waals surface area (Å²) in [5.41, 5.74) is 3.59. The number of hydrogen-bond acceptors (Lipinski definition) is 4. The lowest BCUT2D eigenvalue weighted by Crippen LogP contribution is -2.12. The van der Waals surface area contributed by atoms with E-state index < -0.39 is 0 Å². The molecular weight excluding hydrogens is 296 g/mol. The highest BCUT2D eigenvalue weighted by Crippen LogP contribution is 2.25. The van der Waals surface area contributed by atoms with Crippen LogP contribution >= 0.6 is 11.3 Å². The number of aromatic nitrogens is 3. The predicted octanol–water partition coefficient (Wildman–Crippen LogP) is 3.36. The Bertz CT molecular complexity index is 789. The summed E-state index contributed by atoms with van der Waals surface area (Å²) in [6.07, 6.45) is 2.75. The minimum absolute atomic E-state index is 0.247. The van der Waals surface area contributed by atoms with E-state index in [0.717, 1.165) is 17.7 Å². The number of hydrogen-bond donors (Lipinski definition) is 1. The van der Waals surface area contributed by atoms with Gasteiger partial charge in [0.2, 0.25) is 0 Å². The van der Waals surface area contributed by atoms with Crippen LogP contribution in [0.5, 0.6) is 0 Å². The summed E-state index contributed by atoms with van der Waals surface area (Å²) in [4.78, 5) is 16.5. The van der Waals surface area contributed by atoms with E-state index in [1.165, 1.54) is 16.9 Å². The zero-order valence-electron chi connectivity index (χ0n) is 12.4. The molecule has 3 rings (SSSR count). The molecule has 0 saturated carbocycles. The molecule has 5 nitrogen and oxygen atoms in total. The number of rotatable bonds is 4. The molecule has 0 fully saturated rings. The SMILES string of the molecule is CCc1ccc(-c2csc(NC(=O)c3ccn(C)n3)n2)cc1. The number of benzene rings is 1. The number of nitrogens with zero attached hydrogens (tertiary/aromatic N) is 3. The van der Waals surface area contributed by atoms with Crippen molar-refractivity contribution in [3.8, 4) is 11.3 Å². The topological polar surface area (TPSA) is 59.8 Å². The highest BCUT2D eigenvalue weighted by atomic mass is 32.1. The van der Waals surface area contributed by atoms with E-state index in [0.29, 0.717) is 10.8 Å². The zero-order valence-corrected chi connectivity index (χ0v) is 13.2. The van der Waals surface area contributed by atoms with Crippen LogP contribution in [-0.4, -0.2) is 20.7 Å². The molecule has 112 valence electrons. The second-order valence-corrected chi connectivity index (χ2v) is 5.78. The van der Waals surface area contributed by atoms with Crippen molar-refractivity contribution in [2.45, 2.75) is 13.3 Å². The molecule has 0 aliphatic carbocycles. The molecule has 1 aromatic carbocycles. The summed E-state index contributed by atoms with van der Waals surface area (Å²) < 4.78 is 1.59. The molecule has 0 radical (unpaired) electrons. The van der Waals surface area contributed by atoms with Crippen molar-refractivity contribution in [1.82, 2.24) is 14.8 Å². The third-order valence-corrected chi connectivity index (χ3v) is 4.09. The summed E-state index contributed by atoms with van der Waals surface area (Å²) in [6, 6.07) is 9.98. The minimum atomic E-state index is -0.247. The Morgan fingerprint density at radius 2 is 2.05 bits per heavy atom. The van der Waals surface area contributed by atoms with Gasteiger partial charge >= 0.3 is 0 Å². The van der Waals surface area contributed by atoms with E-state index in [9.17, 15) is 4.79 Å². The first-order valence-corrected chi connectivity index (χ1v) is 7.89. The molecule has 6 heteroatoms. The maximum absolute atomic E-state index is 12.0. The second-order valence-electron chi connectivity index (χ2n) is 4.92. The molecule has 0 spiro atoms. The van der Waals surface area contributed by atoms with Crippen LogP contribution in [-0.2, 0) is 13.5 Å². The Hall–Kier alpha value is -2.47. The number of thiazole rings is 1. The van der Waals surface area contributed by atoms with Crippen molar-refractivity contribution in [2.75, 3.05) is 5.32 Å². The first-order valence-electron chi connectivity index (χ1n) is 7.01. The largest absolute Gasteiger partial charge is 0.296 e. The van der Waals surface area contributed by atoms with Crippen molar-refractivity contribution < 1.29 is 4.79 Å². The summed E-state index contributed by atoms with van der Waals surface area (Å²) >= 11 is 1.41. The third-order valence-electron chi connectivity index (χ3n) is 3.33. The molecule has 1 amide bonds. The highest BCUT2D eigenvalue weighted by Gasteiger charge is 2.12. The average Bonchev–Trinajstić information content (AvgIpc) is 3.16. The summed E-state index contributed by atoms with van der Waals surface area (Å²) in [5, 5.41) is 9.36. The predicted molar refractivity (Wildman–Crippen MR) is 88.1 cm³/mol. The number of anilines is 1. The molecule has 0 saturated heterocycles. The van der Waals surface area contributed by atoms with Gasteiger partial charge in [-0.2, -0.15) is 5.10 Å². The second kappa shape index (κ2) is 6.11. The molecule has 3 aromatic rings. The van der Waals surface area contributed by atoms with Crippen LogP contribution in [0.1, 0.15) is 23.0 Å². The lowest BCUT2D eigenvalue weighted by Gasteiger charge is -2.00.